The number of nitrogens with one attached hydrogen (secondary N) is 1. The van der Waals surface area contributed by atoms with E-state index in [0.717, 1.165) is 25.0 Å². The number of hydrogen-bond donors (Lipinski definition) is 1. The molecular formula is C15H15ClN2O6. The Labute approximate surface area is 142 Å². The van der Waals surface area contributed by atoms with Crippen molar-refractivity contribution >= 4 is 34.9 Å². The summed E-state index contributed by atoms with van der Waals surface area (Å²) in [5.41, 5.74) is -0.376. The maximum atomic E-state index is 12.0. The molecule has 1 atom stereocenters. The number of Topliss-reactive ketones (excluding diaryl/α,β-unsaturated/α-hetero) is 1. The van der Waals surface area contributed by atoms with Crippen molar-refractivity contribution in [1.29, 1.82) is 0 Å². The van der Waals surface area contributed by atoms with Gasteiger partial charge < -0.3 is 10.1 Å². The van der Waals surface area contributed by atoms with Crippen LogP contribution in [0, 0.1) is 10.1 Å². The first-order chi connectivity index (χ1) is 11.4. The number of ketones is 1. The van der Waals surface area contributed by atoms with Gasteiger partial charge in [0.1, 0.15) is 6.54 Å². The topological polar surface area (TPSA) is 116 Å². The summed E-state index contributed by atoms with van der Waals surface area (Å²) in [5, 5.41) is 13.1. The van der Waals surface area contributed by atoms with Crippen LogP contribution in [0.3, 0.4) is 0 Å². The van der Waals surface area contributed by atoms with Gasteiger partial charge >= 0.3 is 5.97 Å². The van der Waals surface area contributed by atoms with E-state index < -0.39 is 29.4 Å². The lowest BCUT2D eigenvalue weighted by Gasteiger charge is -2.20. The molecule has 128 valence electrons. The second-order valence-electron chi connectivity index (χ2n) is 5.33. The fourth-order valence-corrected chi connectivity index (χ4v) is 2.57. The third-order valence-corrected chi connectivity index (χ3v) is 3.74. The molecule has 9 heteroatoms. The summed E-state index contributed by atoms with van der Waals surface area (Å²) >= 11 is 5.73. The van der Waals surface area contributed by atoms with Crippen LogP contribution in [-0.2, 0) is 14.3 Å². The predicted octanol–water partition coefficient (Wildman–Crippen LogP) is 2.03. The number of nitro groups is 1. The lowest BCUT2D eigenvalue weighted by molar-refractivity contribution is -0.384. The SMILES string of the molecule is O=C(CNC(=O)c1cc(Cl)cc([N+](=O)[O-])c1)OC1CCCCC1=O. The standard InChI is InChI=1S/C15H15ClN2O6/c16-10-5-9(6-11(7-10)18(22)23)15(21)17-8-14(20)24-13-4-2-1-3-12(13)19/h5-7,13H,1-4,8H2,(H,17,21). The number of rotatable bonds is 5. The number of ether oxygens (including phenoxy) is 1. The number of carbonyl (C=O) groups is 3. The number of nitro benzene ring substituents is 1. The lowest BCUT2D eigenvalue weighted by atomic mass is 9.96. The van der Waals surface area contributed by atoms with Gasteiger partial charge in [-0.05, 0) is 25.3 Å². The van der Waals surface area contributed by atoms with Crippen molar-refractivity contribution in [1.82, 2.24) is 5.32 Å². The maximum Gasteiger partial charge on any atom is 0.326 e. The highest BCUT2D eigenvalue weighted by molar-refractivity contribution is 6.31. The molecule has 8 nitrogen and oxygen atoms in total. The summed E-state index contributed by atoms with van der Waals surface area (Å²) in [6.45, 7) is -0.442. The average molecular weight is 355 g/mol. The smallest absolute Gasteiger partial charge is 0.326 e. The zero-order valence-electron chi connectivity index (χ0n) is 12.6. The molecule has 0 aliphatic heterocycles. The predicted molar refractivity (Wildman–Crippen MR) is 83.8 cm³/mol. The Morgan fingerprint density at radius 1 is 1.33 bits per heavy atom. The van der Waals surface area contributed by atoms with Crippen LogP contribution in [0.15, 0.2) is 18.2 Å². The van der Waals surface area contributed by atoms with Crippen LogP contribution in [0.1, 0.15) is 36.0 Å². The highest BCUT2D eigenvalue weighted by Gasteiger charge is 2.26. The van der Waals surface area contributed by atoms with Gasteiger partial charge in [0, 0.05) is 29.1 Å². The Bertz CT molecular complexity index is 691. The first-order valence-corrected chi connectivity index (χ1v) is 7.70. The second kappa shape index (κ2) is 7.87. The van der Waals surface area contributed by atoms with Crippen LogP contribution in [0.5, 0.6) is 0 Å². The summed E-state index contributed by atoms with van der Waals surface area (Å²) in [6, 6.07) is 3.42. The Balaban J connectivity index is 1.91. The van der Waals surface area contributed by atoms with Crippen molar-refractivity contribution in [2.75, 3.05) is 6.54 Å². The fraction of sp³-hybridized carbons (Fsp3) is 0.400. The van der Waals surface area contributed by atoms with Crippen LogP contribution in [0.4, 0.5) is 5.69 Å². The molecule has 1 amide bonds. The van der Waals surface area contributed by atoms with Crippen molar-refractivity contribution in [3.63, 3.8) is 0 Å². The normalized spacial score (nSPS) is 17.2. The van der Waals surface area contributed by atoms with Crippen LogP contribution in [0.25, 0.3) is 0 Å². The Kier molecular flexibility index (Phi) is 5.86. The van der Waals surface area contributed by atoms with Crippen molar-refractivity contribution in [2.24, 2.45) is 0 Å². The minimum absolute atomic E-state index is 0.0322. The minimum Gasteiger partial charge on any atom is -0.453 e. The molecule has 2 rings (SSSR count). The zero-order chi connectivity index (χ0) is 17.7. The van der Waals surface area contributed by atoms with Crippen molar-refractivity contribution in [3.05, 3.63) is 38.9 Å². The zero-order valence-corrected chi connectivity index (χ0v) is 13.4. The number of carbonyl (C=O) groups excluding carboxylic acids is 3. The van der Waals surface area contributed by atoms with Gasteiger partial charge in [-0.15, -0.1) is 0 Å². The van der Waals surface area contributed by atoms with Crippen molar-refractivity contribution < 1.29 is 24.0 Å². The minimum atomic E-state index is -0.754. The van der Waals surface area contributed by atoms with Crippen LogP contribution < -0.4 is 5.32 Å². The molecule has 0 saturated heterocycles. The molecule has 0 spiro atoms. The summed E-state index contributed by atoms with van der Waals surface area (Å²) in [6.07, 6.45) is 1.71. The van der Waals surface area contributed by atoms with Gasteiger partial charge in [0.25, 0.3) is 11.6 Å². The molecule has 24 heavy (non-hydrogen) atoms. The van der Waals surface area contributed by atoms with E-state index in [9.17, 15) is 24.5 Å². The molecule has 1 aromatic carbocycles. The van der Waals surface area contributed by atoms with E-state index in [1.54, 1.807) is 0 Å². The lowest BCUT2D eigenvalue weighted by Crippen LogP contribution is -2.36. The van der Waals surface area contributed by atoms with Crippen LogP contribution >= 0.6 is 11.6 Å². The highest BCUT2D eigenvalue weighted by atomic mass is 35.5. The second-order valence-corrected chi connectivity index (χ2v) is 5.76. The van der Waals surface area contributed by atoms with Gasteiger partial charge in [-0.2, -0.15) is 0 Å². The monoisotopic (exact) mass is 354 g/mol. The molecule has 0 radical (unpaired) electrons. The van der Waals surface area contributed by atoms with E-state index in [0.29, 0.717) is 12.8 Å². The number of nitrogens with zero attached hydrogens (tertiary/aromatic N) is 1. The number of hydrogen-bond acceptors (Lipinski definition) is 6. The Hall–Kier alpha value is -2.48. The summed E-state index contributed by atoms with van der Waals surface area (Å²) in [5.74, 6) is -1.56. The Morgan fingerprint density at radius 3 is 2.75 bits per heavy atom. The molecule has 1 saturated carbocycles. The number of benzene rings is 1. The van der Waals surface area contributed by atoms with Crippen molar-refractivity contribution in [2.45, 2.75) is 31.8 Å². The summed E-state index contributed by atoms with van der Waals surface area (Å²) < 4.78 is 5.04. The van der Waals surface area contributed by atoms with Crippen molar-refractivity contribution in [3.8, 4) is 0 Å². The average Bonchev–Trinajstić information content (AvgIpc) is 2.54. The third kappa shape index (κ3) is 4.76. The number of non-ortho nitro benzene ring substituents is 1. The van der Waals surface area contributed by atoms with E-state index in [1.807, 2.05) is 0 Å². The van der Waals surface area contributed by atoms with Gasteiger partial charge in [0.05, 0.1) is 4.92 Å². The number of esters is 1. The molecule has 1 aliphatic carbocycles. The molecule has 1 N–H and O–H groups in total. The molecular weight excluding hydrogens is 340 g/mol. The summed E-state index contributed by atoms with van der Waals surface area (Å²) in [4.78, 5) is 45.3. The van der Waals surface area contributed by atoms with E-state index in [4.69, 9.17) is 16.3 Å². The van der Waals surface area contributed by atoms with Gasteiger partial charge in [0.15, 0.2) is 11.9 Å². The van der Waals surface area contributed by atoms with Gasteiger partial charge in [-0.25, -0.2) is 0 Å². The first-order valence-electron chi connectivity index (χ1n) is 7.32. The van der Waals surface area contributed by atoms with E-state index >= 15 is 0 Å². The van der Waals surface area contributed by atoms with Gasteiger partial charge in [-0.3, -0.25) is 24.5 Å². The van der Waals surface area contributed by atoms with E-state index in [2.05, 4.69) is 5.32 Å². The molecule has 0 bridgehead atoms. The van der Waals surface area contributed by atoms with E-state index in [1.165, 1.54) is 6.07 Å². The molecule has 0 aromatic heterocycles. The fourth-order valence-electron chi connectivity index (χ4n) is 2.34. The molecule has 1 unspecified atom stereocenters. The maximum absolute atomic E-state index is 12.0. The van der Waals surface area contributed by atoms with Crippen LogP contribution in [0.2, 0.25) is 5.02 Å². The molecule has 1 aromatic rings. The third-order valence-electron chi connectivity index (χ3n) is 3.52. The number of halogens is 1. The summed E-state index contributed by atoms with van der Waals surface area (Å²) in [7, 11) is 0. The number of amides is 1. The quantitative estimate of drug-likeness (QED) is 0.491. The van der Waals surface area contributed by atoms with E-state index in [-0.39, 0.29) is 22.1 Å². The van der Waals surface area contributed by atoms with Gasteiger partial charge in [-0.1, -0.05) is 11.6 Å². The largest absolute Gasteiger partial charge is 0.453 e. The van der Waals surface area contributed by atoms with Gasteiger partial charge in [0.2, 0.25) is 0 Å². The molecule has 1 fully saturated rings. The first kappa shape index (κ1) is 17.9. The Morgan fingerprint density at radius 2 is 2.08 bits per heavy atom. The highest BCUT2D eigenvalue weighted by Crippen LogP contribution is 2.21. The molecule has 1 aliphatic rings. The van der Waals surface area contributed by atoms with Crippen LogP contribution in [-0.4, -0.2) is 35.2 Å². The molecule has 0 heterocycles.